The molecule has 2 aliphatic carbocycles. The first-order chi connectivity index (χ1) is 12.0. The van der Waals surface area contributed by atoms with Gasteiger partial charge in [0.15, 0.2) is 0 Å². The van der Waals surface area contributed by atoms with Crippen molar-refractivity contribution in [3.63, 3.8) is 0 Å². The quantitative estimate of drug-likeness (QED) is 0.628. The van der Waals surface area contributed by atoms with E-state index in [2.05, 4.69) is 27.5 Å². The summed E-state index contributed by atoms with van der Waals surface area (Å²) in [5.41, 5.74) is 5.84. The summed E-state index contributed by atoms with van der Waals surface area (Å²) < 4.78 is 0. The Bertz CT molecular complexity index is 607. The summed E-state index contributed by atoms with van der Waals surface area (Å²) >= 11 is 0. The standard InChI is InChI=1S/C18H29N5O2/c1-2-18(9-3-4-10-18)23-16-14(15(19)25)11-20-17(22-16)21-12-5-7-13(24)8-6-12/h11-13,24H,2-10H2,1H3,(H2,19,25)(H2,20,21,22,23)/t12-,13-. The molecule has 1 amide bonds. The molecule has 0 unspecified atom stereocenters. The number of nitrogens with zero attached hydrogens (tertiary/aromatic N) is 2. The molecule has 0 bridgehead atoms. The molecule has 1 aromatic rings. The van der Waals surface area contributed by atoms with Crippen LogP contribution in [0.5, 0.6) is 0 Å². The molecule has 0 aliphatic heterocycles. The number of hydrogen-bond acceptors (Lipinski definition) is 6. The Labute approximate surface area is 148 Å². The molecule has 5 N–H and O–H groups in total. The number of aliphatic hydroxyl groups excluding tert-OH is 1. The molecule has 7 nitrogen and oxygen atoms in total. The van der Waals surface area contributed by atoms with Crippen LogP contribution in [-0.4, -0.2) is 38.7 Å². The summed E-state index contributed by atoms with van der Waals surface area (Å²) in [4.78, 5) is 20.6. The first kappa shape index (κ1) is 17.9. The van der Waals surface area contributed by atoms with E-state index < -0.39 is 5.91 Å². The molecule has 0 radical (unpaired) electrons. The van der Waals surface area contributed by atoms with Crippen molar-refractivity contribution in [2.24, 2.45) is 5.73 Å². The molecule has 25 heavy (non-hydrogen) atoms. The maximum Gasteiger partial charge on any atom is 0.254 e. The molecule has 1 aromatic heterocycles. The maximum atomic E-state index is 11.8. The Kier molecular flexibility index (Phi) is 5.42. The number of carbonyl (C=O) groups is 1. The van der Waals surface area contributed by atoms with Crippen molar-refractivity contribution in [1.82, 2.24) is 9.97 Å². The molecule has 0 spiro atoms. The lowest BCUT2D eigenvalue weighted by molar-refractivity contribution is 0.1000. The van der Waals surface area contributed by atoms with Crippen LogP contribution in [0.3, 0.4) is 0 Å². The Balaban J connectivity index is 1.78. The number of aliphatic hydroxyl groups is 1. The average molecular weight is 347 g/mol. The average Bonchev–Trinajstić information content (AvgIpc) is 3.06. The number of nitrogens with one attached hydrogen (secondary N) is 2. The number of amides is 1. The molecule has 7 heteroatoms. The molecule has 1 heterocycles. The summed E-state index contributed by atoms with van der Waals surface area (Å²) in [6.07, 6.45) is 10.2. The van der Waals surface area contributed by atoms with Gasteiger partial charge >= 0.3 is 0 Å². The first-order valence-corrected chi connectivity index (χ1v) is 9.41. The Morgan fingerprint density at radius 2 is 2.00 bits per heavy atom. The van der Waals surface area contributed by atoms with Crippen LogP contribution in [0.25, 0.3) is 0 Å². The predicted molar refractivity (Wildman–Crippen MR) is 97.5 cm³/mol. The van der Waals surface area contributed by atoms with Crippen LogP contribution >= 0.6 is 0 Å². The van der Waals surface area contributed by atoms with E-state index >= 15 is 0 Å². The van der Waals surface area contributed by atoms with Crippen LogP contribution in [0.15, 0.2) is 6.20 Å². The zero-order valence-electron chi connectivity index (χ0n) is 14.9. The minimum absolute atomic E-state index is 0.00916. The number of aromatic nitrogens is 2. The van der Waals surface area contributed by atoms with E-state index in [1.54, 1.807) is 0 Å². The van der Waals surface area contributed by atoms with Crippen molar-refractivity contribution in [3.05, 3.63) is 11.8 Å². The van der Waals surface area contributed by atoms with Crippen LogP contribution in [-0.2, 0) is 0 Å². The molecule has 0 saturated heterocycles. The fraction of sp³-hybridized carbons (Fsp3) is 0.722. The Hall–Kier alpha value is -1.89. The van der Waals surface area contributed by atoms with E-state index in [1.807, 2.05) is 0 Å². The number of rotatable bonds is 6. The smallest absolute Gasteiger partial charge is 0.254 e. The number of nitrogens with two attached hydrogens (primary N) is 1. The summed E-state index contributed by atoms with van der Waals surface area (Å²) in [7, 11) is 0. The van der Waals surface area contributed by atoms with Crippen molar-refractivity contribution < 1.29 is 9.90 Å². The van der Waals surface area contributed by atoms with E-state index in [0.29, 0.717) is 17.3 Å². The van der Waals surface area contributed by atoms with Crippen molar-refractivity contribution in [2.45, 2.75) is 82.4 Å². The summed E-state index contributed by atoms with van der Waals surface area (Å²) in [5, 5.41) is 16.5. The van der Waals surface area contributed by atoms with Gasteiger partial charge in [-0.25, -0.2) is 4.98 Å². The van der Waals surface area contributed by atoms with E-state index in [1.165, 1.54) is 19.0 Å². The van der Waals surface area contributed by atoms with Gasteiger partial charge < -0.3 is 21.5 Å². The molecule has 0 aromatic carbocycles. The fourth-order valence-corrected chi connectivity index (χ4v) is 4.00. The van der Waals surface area contributed by atoms with E-state index in [4.69, 9.17) is 5.73 Å². The van der Waals surface area contributed by atoms with Gasteiger partial charge in [0.05, 0.1) is 11.7 Å². The highest BCUT2D eigenvalue weighted by molar-refractivity contribution is 5.97. The second-order valence-corrected chi connectivity index (χ2v) is 7.44. The molecule has 3 rings (SSSR count). The Morgan fingerprint density at radius 1 is 1.32 bits per heavy atom. The number of primary amides is 1. The topological polar surface area (TPSA) is 113 Å². The predicted octanol–water partition coefficient (Wildman–Crippen LogP) is 2.43. The van der Waals surface area contributed by atoms with Crippen LogP contribution < -0.4 is 16.4 Å². The van der Waals surface area contributed by atoms with E-state index in [9.17, 15) is 9.90 Å². The van der Waals surface area contributed by atoms with Gasteiger partial charge in [0.2, 0.25) is 5.95 Å². The van der Waals surface area contributed by atoms with Gasteiger partial charge in [-0.05, 0) is 44.9 Å². The van der Waals surface area contributed by atoms with Gasteiger partial charge in [0, 0.05) is 17.8 Å². The lowest BCUT2D eigenvalue weighted by atomic mass is 9.93. The molecule has 2 fully saturated rings. The van der Waals surface area contributed by atoms with E-state index in [0.717, 1.165) is 44.9 Å². The zero-order chi connectivity index (χ0) is 17.9. The first-order valence-electron chi connectivity index (χ1n) is 9.41. The third-order valence-corrected chi connectivity index (χ3v) is 5.71. The lowest BCUT2D eigenvalue weighted by Gasteiger charge is -2.31. The number of anilines is 2. The van der Waals surface area contributed by atoms with Gasteiger partial charge in [-0.15, -0.1) is 0 Å². The van der Waals surface area contributed by atoms with Crippen molar-refractivity contribution in [1.29, 1.82) is 0 Å². The van der Waals surface area contributed by atoms with Crippen LogP contribution in [0.4, 0.5) is 11.8 Å². The Morgan fingerprint density at radius 3 is 2.60 bits per heavy atom. The lowest BCUT2D eigenvalue weighted by Crippen LogP contribution is -2.36. The molecule has 2 saturated carbocycles. The highest BCUT2D eigenvalue weighted by Crippen LogP contribution is 2.36. The molecule has 138 valence electrons. The van der Waals surface area contributed by atoms with Crippen molar-refractivity contribution in [2.75, 3.05) is 10.6 Å². The summed E-state index contributed by atoms with van der Waals surface area (Å²) in [5.74, 6) is 0.529. The number of carbonyl (C=O) groups excluding carboxylic acids is 1. The third kappa shape index (κ3) is 4.21. The SMILES string of the molecule is CCC1(Nc2nc(N[C@H]3CC[C@H](O)CC3)ncc2C(N)=O)CCCC1. The molecular formula is C18H29N5O2. The van der Waals surface area contributed by atoms with Gasteiger partial charge in [-0.2, -0.15) is 4.98 Å². The molecule has 2 aliphatic rings. The van der Waals surface area contributed by atoms with Gasteiger partial charge in [-0.1, -0.05) is 19.8 Å². The minimum atomic E-state index is -0.515. The summed E-state index contributed by atoms with van der Waals surface area (Å²) in [6.45, 7) is 2.16. The third-order valence-electron chi connectivity index (χ3n) is 5.71. The van der Waals surface area contributed by atoms with Crippen LogP contribution in [0.2, 0.25) is 0 Å². The van der Waals surface area contributed by atoms with Gasteiger partial charge in [0.1, 0.15) is 5.82 Å². The second-order valence-electron chi connectivity index (χ2n) is 7.44. The van der Waals surface area contributed by atoms with Crippen LogP contribution in [0.1, 0.15) is 75.1 Å². The highest BCUT2D eigenvalue weighted by Gasteiger charge is 2.33. The highest BCUT2D eigenvalue weighted by atomic mass is 16.3. The van der Waals surface area contributed by atoms with Crippen LogP contribution in [0, 0.1) is 0 Å². The van der Waals surface area contributed by atoms with Crippen molar-refractivity contribution in [3.8, 4) is 0 Å². The number of hydrogen-bond donors (Lipinski definition) is 4. The molecule has 0 atom stereocenters. The normalized spacial score (nSPS) is 25.5. The minimum Gasteiger partial charge on any atom is -0.393 e. The van der Waals surface area contributed by atoms with Gasteiger partial charge in [-0.3, -0.25) is 4.79 Å². The largest absolute Gasteiger partial charge is 0.393 e. The van der Waals surface area contributed by atoms with Gasteiger partial charge in [0.25, 0.3) is 5.91 Å². The fourth-order valence-electron chi connectivity index (χ4n) is 4.00. The maximum absolute atomic E-state index is 11.8. The zero-order valence-corrected chi connectivity index (χ0v) is 14.9. The second kappa shape index (κ2) is 7.56. The van der Waals surface area contributed by atoms with E-state index in [-0.39, 0.29) is 17.7 Å². The molecular weight excluding hydrogens is 318 g/mol. The van der Waals surface area contributed by atoms with Crippen molar-refractivity contribution >= 4 is 17.7 Å². The summed E-state index contributed by atoms with van der Waals surface area (Å²) in [6, 6.07) is 0.252. The monoisotopic (exact) mass is 347 g/mol.